The van der Waals surface area contributed by atoms with Crippen molar-refractivity contribution in [3.8, 4) is 0 Å². The minimum Gasteiger partial charge on any atom is -0.384 e. The summed E-state index contributed by atoms with van der Waals surface area (Å²) in [5, 5.41) is 3.35. The molecule has 2 fully saturated rings. The fourth-order valence-corrected chi connectivity index (χ4v) is 4.07. The van der Waals surface area contributed by atoms with Gasteiger partial charge in [-0.3, -0.25) is 9.69 Å². The number of hydrogen-bond donors (Lipinski definition) is 1. The molecule has 4 heteroatoms. The molecule has 4 rings (SSSR count). The van der Waals surface area contributed by atoms with Crippen LogP contribution in [-0.4, -0.2) is 54.0 Å². The fraction of sp³-hybridized carbons (Fsp3) is 0.588. The molecule has 1 N–H and O–H groups in total. The lowest BCUT2D eigenvalue weighted by molar-refractivity contribution is 0.0395. The summed E-state index contributed by atoms with van der Waals surface area (Å²) in [5.41, 5.74) is 3.34. The second-order valence-corrected chi connectivity index (χ2v) is 6.65. The number of anilines is 1. The molecule has 112 valence electrons. The molecule has 1 aromatic carbocycles. The zero-order chi connectivity index (χ0) is 14.4. The third-order valence-corrected chi connectivity index (χ3v) is 5.26. The van der Waals surface area contributed by atoms with Crippen molar-refractivity contribution in [2.75, 3.05) is 31.5 Å². The summed E-state index contributed by atoms with van der Waals surface area (Å²) >= 11 is 0. The Hall–Kier alpha value is -1.55. The Morgan fingerprint density at radius 2 is 2.24 bits per heavy atom. The molecule has 0 aromatic heterocycles. The highest BCUT2D eigenvalue weighted by atomic mass is 16.2. The molecule has 0 aliphatic carbocycles. The van der Waals surface area contributed by atoms with E-state index in [1.165, 1.54) is 30.6 Å². The number of hydrogen-bond acceptors (Lipinski definition) is 3. The zero-order valence-corrected chi connectivity index (χ0v) is 12.6. The van der Waals surface area contributed by atoms with E-state index in [4.69, 9.17) is 0 Å². The van der Waals surface area contributed by atoms with Gasteiger partial charge in [-0.05, 0) is 56.5 Å². The highest BCUT2D eigenvalue weighted by Gasteiger charge is 2.36. The second-order valence-electron chi connectivity index (χ2n) is 6.65. The van der Waals surface area contributed by atoms with Crippen molar-refractivity contribution in [3.63, 3.8) is 0 Å². The number of benzene rings is 1. The van der Waals surface area contributed by atoms with Crippen molar-refractivity contribution >= 4 is 11.6 Å². The van der Waals surface area contributed by atoms with E-state index in [1.54, 1.807) is 0 Å². The van der Waals surface area contributed by atoms with E-state index in [0.29, 0.717) is 12.1 Å². The molecule has 2 unspecified atom stereocenters. The minimum absolute atomic E-state index is 0.212. The smallest absolute Gasteiger partial charge is 0.254 e. The molecule has 1 amide bonds. The van der Waals surface area contributed by atoms with Crippen molar-refractivity contribution in [1.29, 1.82) is 0 Å². The average molecular weight is 285 g/mol. The molecular weight excluding hydrogens is 262 g/mol. The van der Waals surface area contributed by atoms with Crippen LogP contribution in [0.4, 0.5) is 5.69 Å². The first kappa shape index (κ1) is 13.1. The van der Waals surface area contributed by atoms with E-state index in [0.717, 1.165) is 31.6 Å². The molecule has 1 aromatic rings. The van der Waals surface area contributed by atoms with E-state index in [2.05, 4.69) is 34.2 Å². The first-order valence-electron chi connectivity index (χ1n) is 8.14. The molecule has 0 spiro atoms. The summed E-state index contributed by atoms with van der Waals surface area (Å²) in [7, 11) is 0. The van der Waals surface area contributed by atoms with E-state index in [9.17, 15) is 4.79 Å². The van der Waals surface area contributed by atoms with Gasteiger partial charge in [0.1, 0.15) is 0 Å². The first-order chi connectivity index (χ1) is 10.2. The summed E-state index contributed by atoms with van der Waals surface area (Å²) in [6.07, 6.45) is 3.55. The van der Waals surface area contributed by atoms with E-state index >= 15 is 0 Å². The Morgan fingerprint density at radius 3 is 3.14 bits per heavy atom. The van der Waals surface area contributed by atoms with Crippen molar-refractivity contribution in [3.05, 3.63) is 29.3 Å². The molecule has 0 radical (unpaired) electrons. The molecule has 21 heavy (non-hydrogen) atoms. The van der Waals surface area contributed by atoms with Crippen LogP contribution < -0.4 is 5.32 Å². The summed E-state index contributed by atoms with van der Waals surface area (Å²) in [4.78, 5) is 17.5. The standard InChI is InChI=1S/C17H23N3O/c1-12-10-19-8-2-3-15(19)11-20(12)17(21)14-4-5-16-13(9-14)6-7-18-16/h4-5,9,12,15,18H,2-3,6-8,10-11H2,1H3. The second kappa shape index (κ2) is 5.02. The third-order valence-electron chi connectivity index (χ3n) is 5.26. The van der Waals surface area contributed by atoms with Gasteiger partial charge in [-0.25, -0.2) is 0 Å². The number of nitrogens with one attached hydrogen (secondary N) is 1. The van der Waals surface area contributed by atoms with Crippen LogP contribution in [-0.2, 0) is 6.42 Å². The Balaban J connectivity index is 1.56. The lowest BCUT2D eigenvalue weighted by Crippen LogP contribution is -2.56. The van der Waals surface area contributed by atoms with Crippen LogP contribution in [0.5, 0.6) is 0 Å². The van der Waals surface area contributed by atoms with Gasteiger partial charge in [0.25, 0.3) is 5.91 Å². The van der Waals surface area contributed by atoms with Gasteiger partial charge in [-0.15, -0.1) is 0 Å². The van der Waals surface area contributed by atoms with E-state index in [-0.39, 0.29) is 5.91 Å². The predicted octanol–water partition coefficient (Wildman–Crippen LogP) is 1.96. The van der Waals surface area contributed by atoms with Gasteiger partial charge in [0.15, 0.2) is 0 Å². The van der Waals surface area contributed by atoms with E-state index < -0.39 is 0 Å². The van der Waals surface area contributed by atoms with Crippen molar-refractivity contribution in [2.45, 2.75) is 38.3 Å². The van der Waals surface area contributed by atoms with Crippen LogP contribution >= 0.6 is 0 Å². The molecule has 0 bridgehead atoms. The first-order valence-corrected chi connectivity index (χ1v) is 8.14. The predicted molar refractivity (Wildman–Crippen MR) is 83.7 cm³/mol. The molecule has 4 nitrogen and oxygen atoms in total. The molecule has 2 saturated heterocycles. The Labute approximate surface area is 126 Å². The zero-order valence-electron chi connectivity index (χ0n) is 12.6. The maximum atomic E-state index is 12.9. The highest BCUT2D eigenvalue weighted by molar-refractivity contribution is 5.95. The van der Waals surface area contributed by atoms with Crippen LogP contribution in [0, 0.1) is 0 Å². The third kappa shape index (κ3) is 2.22. The van der Waals surface area contributed by atoms with Gasteiger partial charge in [-0.2, -0.15) is 0 Å². The largest absolute Gasteiger partial charge is 0.384 e. The minimum atomic E-state index is 0.212. The Kier molecular flexibility index (Phi) is 3.14. The quantitative estimate of drug-likeness (QED) is 0.857. The van der Waals surface area contributed by atoms with Crippen LogP contribution in [0.2, 0.25) is 0 Å². The van der Waals surface area contributed by atoms with Gasteiger partial charge in [0.05, 0.1) is 0 Å². The van der Waals surface area contributed by atoms with Gasteiger partial charge >= 0.3 is 0 Å². The normalized spacial score (nSPS) is 28.1. The summed E-state index contributed by atoms with van der Waals surface area (Å²) < 4.78 is 0. The molecule has 3 heterocycles. The van der Waals surface area contributed by atoms with Crippen molar-refractivity contribution in [1.82, 2.24) is 9.80 Å². The number of piperazine rings is 1. The summed E-state index contributed by atoms with van der Waals surface area (Å²) in [6.45, 7) is 6.31. The van der Waals surface area contributed by atoms with E-state index in [1.807, 2.05) is 6.07 Å². The molecule has 3 aliphatic rings. The van der Waals surface area contributed by atoms with Gasteiger partial charge in [0.2, 0.25) is 0 Å². The topological polar surface area (TPSA) is 35.6 Å². The monoisotopic (exact) mass is 285 g/mol. The van der Waals surface area contributed by atoms with Crippen LogP contribution in [0.1, 0.15) is 35.7 Å². The van der Waals surface area contributed by atoms with Crippen LogP contribution in [0.3, 0.4) is 0 Å². The summed E-state index contributed by atoms with van der Waals surface area (Å²) in [5.74, 6) is 0.212. The van der Waals surface area contributed by atoms with Crippen LogP contribution in [0.25, 0.3) is 0 Å². The molecular formula is C17H23N3O. The summed E-state index contributed by atoms with van der Waals surface area (Å²) in [6, 6.07) is 7.03. The number of nitrogens with zero attached hydrogens (tertiary/aromatic N) is 2. The lowest BCUT2D eigenvalue weighted by Gasteiger charge is -2.42. The van der Waals surface area contributed by atoms with Crippen molar-refractivity contribution < 1.29 is 4.79 Å². The fourth-order valence-electron chi connectivity index (χ4n) is 4.07. The Morgan fingerprint density at radius 1 is 1.33 bits per heavy atom. The number of carbonyl (C=O) groups excluding carboxylic acids is 1. The molecule has 3 aliphatic heterocycles. The maximum absolute atomic E-state index is 12.9. The van der Waals surface area contributed by atoms with Gasteiger partial charge in [0, 0.05) is 43.0 Å². The lowest BCUT2D eigenvalue weighted by atomic mass is 10.0. The number of rotatable bonds is 1. The molecule has 2 atom stereocenters. The Bertz CT molecular complexity index is 571. The SMILES string of the molecule is CC1CN2CCCC2CN1C(=O)c1ccc2c(c1)CCN2. The number of fused-ring (bicyclic) bond motifs is 2. The maximum Gasteiger partial charge on any atom is 0.254 e. The number of amides is 1. The van der Waals surface area contributed by atoms with Gasteiger partial charge < -0.3 is 10.2 Å². The average Bonchev–Trinajstić information content (AvgIpc) is 3.12. The highest BCUT2D eigenvalue weighted by Crippen LogP contribution is 2.27. The van der Waals surface area contributed by atoms with Gasteiger partial charge in [-0.1, -0.05) is 0 Å². The molecule has 0 saturated carbocycles. The van der Waals surface area contributed by atoms with Crippen molar-refractivity contribution in [2.24, 2.45) is 0 Å². The van der Waals surface area contributed by atoms with Crippen LogP contribution in [0.15, 0.2) is 18.2 Å². The number of carbonyl (C=O) groups is 1.